The zero-order chi connectivity index (χ0) is 15.1. The first-order chi connectivity index (χ1) is 9.99. The Kier molecular flexibility index (Phi) is 3.82. The van der Waals surface area contributed by atoms with Gasteiger partial charge in [0.05, 0.1) is 10.6 Å². The van der Waals surface area contributed by atoms with Crippen molar-refractivity contribution >= 4 is 54.7 Å². The number of carbonyl (C=O) groups is 1. The van der Waals surface area contributed by atoms with Crippen molar-refractivity contribution in [2.24, 2.45) is 0 Å². The highest BCUT2D eigenvalue weighted by Gasteiger charge is 2.20. The van der Waals surface area contributed by atoms with Crippen LogP contribution in [0.3, 0.4) is 0 Å². The standard InChI is InChI=1S/C15H6BrClF2OS/c16-10-3-1-2-7-9(6-21-15(7)10)14(20)8-4-13(19)11(17)5-12(8)18/h1-6H. The molecule has 3 aromatic rings. The van der Waals surface area contributed by atoms with Crippen molar-refractivity contribution in [3.05, 3.63) is 68.0 Å². The Balaban J connectivity index is 2.18. The molecule has 0 fully saturated rings. The van der Waals surface area contributed by atoms with Crippen LogP contribution in [0.25, 0.3) is 10.1 Å². The fraction of sp³-hybridized carbons (Fsp3) is 0. The van der Waals surface area contributed by atoms with E-state index in [0.29, 0.717) is 10.9 Å². The summed E-state index contributed by atoms with van der Waals surface area (Å²) in [6, 6.07) is 7.06. The predicted octanol–water partition coefficient (Wildman–Crippen LogP) is 5.83. The molecule has 0 amide bonds. The molecule has 21 heavy (non-hydrogen) atoms. The van der Waals surface area contributed by atoms with Crippen LogP contribution in [0, 0.1) is 11.6 Å². The van der Waals surface area contributed by atoms with E-state index in [-0.39, 0.29) is 10.6 Å². The molecule has 1 aromatic heterocycles. The number of rotatable bonds is 2. The summed E-state index contributed by atoms with van der Waals surface area (Å²) >= 11 is 10.3. The van der Waals surface area contributed by atoms with E-state index in [1.54, 1.807) is 17.5 Å². The average Bonchev–Trinajstić information content (AvgIpc) is 2.87. The maximum Gasteiger partial charge on any atom is 0.197 e. The Morgan fingerprint density at radius 2 is 1.90 bits per heavy atom. The number of hydrogen-bond acceptors (Lipinski definition) is 2. The minimum Gasteiger partial charge on any atom is -0.288 e. The molecule has 0 spiro atoms. The molecule has 0 N–H and O–H groups in total. The third-order valence-corrected chi connectivity index (χ3v) is 5.29. The van der Waals surface area contributed by atoms with Gasteiger partial charge in [-0.3, -0.25) is 4.79 Å². The van der Waals surface area contributed by atoms with Gasteiger partial charge in [0.15, 0.2) is 5.78 Å². The number of ketones is 1. The lowest BCUT2D eigenvalue weighted by atomic mass is 10.0. The van der Waals surface area contributed by atoms with E-state index in [2.05, 4.69) is 15.9 Å². The number of thiophene rings is 1. The van der Waals surface area contributed by atoms with E-state index in [0.717, 1.165) is 21.3 Å². The molecule has 0 unspecified atom stereocenters. The third-order valence-electron chi connectivity index (χ3n) is 3.05. The zero-order valence-electron chi connectivity index (χ0n) is 10.3. The SMILES string of the molecule is O=C(c1cc(F)c(Cl)cc1F)c1csc2c(Br)cccc12. The first kappa shape index (κ1) is 14.6. The van der Waals surface area contributed by atoms with Gasteiger partial charge in [-0.2, -0.15) is 0 Å². The maximum absolute atomic E-state index is 13.9. The van der Waals surface area contributed by atoms with Gasteiger partial charge in [0.1, 0.15) is 11.6 Å². The van der Waals surface area contributed by atoms with Crippen molar-refractivity contribution < 1.29 is 13.6 Å². The normalized spacial score (nSPS) is 11.0. The number of hydrogen-bond donors (Lipinski definition) is 0. The van der Waals surface area contributed by atoms with Crippen molar-refractivity contribution in [3.63, 3.8) is 0 Å². The monoisotopic (exact) mass is 386 g/mol. The molecule has 0 aliphatic rings. The first-order valence-electron chi connectivity index (χ1n) is 5.84. The molecule has 0 aliphatic heterocycles. The largest absolute Gasteiger partial charge is 0.288 e. The molecule has 1 nitrogen and oxygen atoms in total. The number of carbonyl (C=O) groups excluding carboxylic acids is 1. The highest BCUT2D eigenvalue weighted by atomic mass is 79.9. The van der Waals surface area contributed by atoms with Gasteiger partial charge in [0, 0.05) is 25.5 Å². The second-order valence-electron chi connectivity index (χ2n) is 4.34. The van der Waals surface area contributed by atoms with Crippen molar-refractivity contribution in [1.29, 1.82) is 0 Å². The number of benzene rings is 2. The van der Waals surface area contributed by atoms with Crippen molar-refractivity contribution in [2.45, 2.75) is 0 Å². The summed E-state index contributed by atoms with van der Waals surface area (Å²) in [7, 11) is 0. The lowest BCUT2D eigenvalue weighted by Gasteiger charge is -2.04. The molecule has 2 aromatic carbocycles. The van der Waals surface area contributed by atoms with Gasteiger partial charge >= 0.3 is 0 Å². The van der Waals surface area contributed by atoms with Gasteiger partial charge in [-0.1, -0.05) is 23.7 Å². The van der Waals surface area contributed by atoms with Gasteiger partial charge < -0.3 is 0 Å². The van der Waals surface area contributed by atoms with Crippen LogP contribution in [0.5, 0.6) is 0 Å². The summed E-state index contributed by atoms with van der Waals surface area (Å²) in [6.07, 6.45) is 0. The van der Waals surface area contributed by atoms with Gasteiger partial charge in [-0.25, -0.2) is 8.78 Å². The second kappa shape index (κ2) is 5.48. The fourth-order valence-electron chi connectivity index (χ4n) is 2.04. The van der Waals surface area contributed by atoms with Crippen LogP contribution in [0.1, 0.15) is 15.9 Å². The van der Waals surface area contributed by atoms with Crippen LogP contribution in [0.2, 0.25) is 5.02 Å². The molecule has 3 rings (SSSR count). The number of fused-ring (bicyclic) bond motifs is 1. The van der Waals surface area contributed by atoms with Gasteiger partial charge in [-0.05, 0) is 34.1 Å². The summed E-state index contributed by atoms with van der Waals surface area (Å²) in [5.41, 5.74) is 0.0218. The van der Waals surface area contributed by atoms with Crippen molar-refractivity contribution in [2.75, 3.05) is 0 Å². The molecular formula is C15H6BrClF2OS. The molecule has 0 bridgehead atoms. The van der Waals surface area contributed by atoms with Crippen LogP contribution >= 0.6 is 38.9 Å². The summed E-state index contributed by atoms with van der Waals surface area (Å²) in [6.45, 7) is 0. The molecule has 106 valence electrons. The van der Waals surface area contributed by atoms with E-state index in [1.807, 2.05) is 6.07 Å². The first-order valence-corrected chi connectivity index (χ1v) is 7.89. The van der Waals surface area contributed by atoms with Crippen LogP contribution in [0.4, 0.5) is 8.78 Å². The summed E-state index contributed by atoms with van der Waals surface area (Å²) in [4.78, 5) is 12.5. The second-order valence-corrected chi connectivity index (χ2v) is 6.48. The lowest BCUT2D eigenvalue weighted by Crippen LogP contribution is -2.04. The molecule has 6 heteroatoms. The lowest BCUT2D eigenvalue weighted by molar-refractivity contribution is 0.103. The summed E-state index contributed by atoms with van der Waals surface area (Å²) in [5, 5.41) is 2.00. The highest BCUT2D eigenvalue weighted by molar-refractivity contribution is 9.10. The fourth-order valence-corrected chi connectivity index (χ4v) is 3.79. The molecule has 0 aliphatic carbocycles. The molecular weight excluding hydrogens is 382 g/mol. The quantitative estimate of drug-likeness (QED) is 0.399. The summed E-state index contributed by atoms with van der Waals surface area (Å²) < 4.78 is 29.1. The topological polar surface area (TPSA) is 17.1 Å². The van der Waals surface area contributed by atoms with Gasteiger partial charge in [0.25, 0.3) is 0 Å². The zero-order valence-corrected chi connectivity index (χ0v) is 13.5. The smallest absolute Gasteiger partial charge is 0.197 e. The Morgan fingerprint density at radius 3 is 2.67 bits per heavy atom. The Labute approximate surface area is 136 Å². The van der Waals surface area contributed by atoms with Crippen molar-refractivity contribution in [3.8, 4) is 0 Å². The molecule has 1 heterocycles. The minimum atomic E-state index is -0.833. The van der Waals surface area contributed by atoms with Gasteiger partial charge in [-0.15, -0.1) is 11.3 Å². The molecule has 0 atom stereocenters. The maximum atomic E-state index is 13.9. The molecule has 0 radical (unpaired) electrons. The Hall–Kier alpha value is -1.30. The van der Waals surface area contributed by atoms with E-state index < -0.39 is 17.4 Å². The third kappa shape index (κ3) is 2.50. The van der Waals surface area contributed by atoms with E-state index in [4.69, 9.17) is 11.6 Å². The highest BCUT2D eigenvalue weighted by Crippen LogP contribution is 2.34. The van der Waals surface area contributed by atoms with Gasteiger partial charge in [0.2, 0.25) is 0 Å². The average molecular weight is 388 g/mol. The van der Waals surface area contributed by atoms with E-state index >= 15 is 0 Å². The minimum absolute atomic E-state index is 0.323. The van der Waals surface area contributed by atoms with Crippen LogP contribution in [0.15, 0.2) is 40.2 Å². The predicted molar refractivity (Wildman–Crippen MR) is 84.3 cm³/mol. The van der Waals surface area contributed by atoms with Crippen LogP contribution in [-0.4, -0.2) is 5.78 Å². The van der Waals surface area contributed by atoms with E-state index in [9.17, 15) is 13.6 Å². The molecule has 0 saturated carbocycles. The van der Waals surface area contributed by atoms with Crippen molar-refractivity contribution in [1.82, 2.24) is 0 Å². The Morgan fingerprint density at radius 1 is 1.14 bits per heavy atom. The molecule has 0 saturated heterocycles. The summed E-state index contributed by atoms with van der Waals surface area (Å²) in [5.74, 6) is -2.21. The van der Waals surface area contributed by atoms with Crippen LogP contribution < -0.4 is 0 Å². The Bertz CT molecular complexity index is 875. The number of halogens is 4. The van der Waals surface area contributed by atoms with Crippen LogP contribution in [-0.2, 0) is 0 Å². The van der Waals surface area contributed by atoms with E-state index in [1.165, 1.54) is 11.3 Å².